The molecule has 1 unspecified atom stereocenters. The van der Waals surface area contributed by atoms with E-state index in [0.29, 0.717) is 22.5 Å². The minimum absolute atomic E-state index is 0.162. The van der Waals surface area contributed by atoms with Crippen molar-refractivity contribution >= 4 is 23.4 Å². The van der Waals surface area contributed by atoms with E-state index in [0.717, 1.165) is 38.3 Å². The number of nitrogen functional groups attached to an aromatic ring is 1. The van der Waals surface area contributed by atoms with E-state index in [4.69, 9.17) is 22.1 Å². The van der Waals surface area contributed by atoms with Gasteiger partial charge in [0.05, 0.1) is 10.7 Å². The number of ether oxygens (including phenoxy) is 1. The first-order valence-electron chi connectivity index (χ1n) is 11.2. The van der Waals surface area contributed by atoms with Gasteiger partial charge in [-0.2, -0.15) is 0 Å². The summed E-state index contributed by atoms with van der Waals surface area (Å²) < 4.78 is 5.60. The maximum Gasteiger partial charge on any atom is 0.410 e. The van der Waals surface area contributed by atoms with Crippen LogP contribution in [0.2, 0.25) is 5.02 Å². The normalized spacial score (nSPS) is 21.5. The van der Waals surface area contributed by atoms with Crippen molar-refractivity contribution in [1.29, 1.82) is 0 Å². The molecule has 2 aliphatic rings. The number of hydrogen-bond acceptors (Lipinski definition) is 3. The van der Waals surface area contributed by atoms with Crippen LogP contribution in [0.5, 0.6) is 0 Å². The number of nitrogens with zero attached hydrogens (tertiary/aromatic N) is 1. The molecule has 162 valence electrons. The van der Waals surface area contributed by atoms with Crippen molar-refractivity contribution in [3.63, 3.8) is 0 Å². The zero-order valence-electron chi connectivity index (χ0n) is 18.3. The monoisotopic (exact) mass is 420 g/mol. The molecule has 4 nitrogen and oxygen atoms in total. The lowest BCUT2D eigenvalue weighted by atomic mass is 9.80. The summed E-state index contributed by atoms with van der Waals surface area (Å²) in [7, 11) is 0. The lowest BCUT2D eigenvalue weighted by molar-refractivity contribution is 0.0281. The zero-order valence-corrected chi connectivity index (χ0v) is 19.0. The third kappa shape index (κ3) is 6.53. The Hall–Kier alpha value is -1.42. The van der Waals surface area contributed by atoms with Crippen LogP contribution in [0.4, 0.5) is 10.5 Å². The minimum Gasteiger partial charge on any atom is -0.444 e. The maximum absolute atomic E-state index is 12.5. The van der Waals surface area contributed by atoms with Gasteiger partial charge in [0.25, 0.3) is 0 Å². The van der Waals surface area contributed by atoms with Crippen LogP contribution >= 0.6 is 11.6 Å². The van der Waals surface area contributed by atoms with Gasteiger partial charge in [-0.15, -0.1) is 0 Å². The summed E-state index contributed by atoms with van der Waals surface area (Å²) in [6.45, 7) is 7.43. The van der Waals surface area contributed by atoms with Crippen LogP contribution in [0.15, 0.2) is 18.2 Å². The smallest absolute Gasteiger partial charge is 0.410 e. The van der Waals surface area contributed by atoms with Crippen molar-refractivity contribution in [3.8, 4) is 0 Å². The molecule has 1 aliphatic carbocycles. The van der Waals surface area contributed by atoms with E-state index in [2.05, 4.69) is 6.07 Å². The number of anilines is 1. The van der Waals surface area contributed by atoms with Crippen LogP contribution in [-0.2, 0) is 11.2 Å². The summed E-state index contributed by atoms with van der Waals surface area (Å²) in [5.41, 5.74) is 7.31. The molecule has 0 radical (unpaired) electrons. The Morgan fingerprint density at radius 3 is 2.66 bits per heavy atom. The van der Waals surface area contributed by atoms with Crippen LogP contribution < -0.4 is 5.73 Å². The summed E-state index contributed by atoms with van der Waals surface area (Å²) in [6, 6.07) is 6.00. The molecule has 2 N–H and O–H groups in total. The molecular weight excluding hydrogens is 384 g/mol. The standard InChI is InChI=1S/C24H37ClN2O2/c1-24(2,3)29-23(28)27-13-12-20(16-27)19(14-17-6-4-5-7-17)10-8-18-9-11-22(26)21(25)15-18/h9,11,15,17,19-20H,4-8,10,12-14,16,26H2,1-3H3/t19-,20?/m0/s1. The maximum atomic E-state index is 12.5. The van der Waals surface area contributed by atoms with Crippen molar-refractivity contribution < 1.29 is 9.53 Å². The Morgan fingerprint density at radius 1 is 1.28 bits per heavy atom. The first kappa shape index (κ1) is 22.3. The summed E-state index contributed by atoms with van der Waals surface area (Å²) in [4.78, 5) is 14.4. The van der Waals surface area contributed by atoms with E-state index < -0.39 is 5.60 Å². The number of rotatable bonds is 6. The van der Waals surface area contributed by atoms with E-state index in [-0.39, 0.29) is 6.09 Å². The molecule has 1 saturated carbocycles. The fraction of sp³-hybridized carbons (Fsp3) is 0.708. The van der Waals surface area contributed by atoms with Gasteiger partial charge in [-0.1, -0.05) is 43.4 Å². The molecule has 3 rings (SSSR count). The van der Waals surface area contributed by atoms with Crippen LogP contribution in [0.25, 0.3) is 0 Å². The number of carbonyl (C=O) groups is 1. The summed E-state index contributed by atoms with van der Waals surface area (Å²) in [5.74, 6) is 2.06. The van der Waals surface area contributed by atoms with Gasteiger partial charge in [0.2, 0.25) is 0 Å². The predicted molar refractivity (Wildman–Crippen MR) is 120 cm³/mol. The molecule has 1 saturated heterocycles. The van der Waals surface area contributed by atoms with Crippen LogP contribution in [0.3, 0.4) is 0 Å². The number of aryl methyl sites for hydroxylation is 1. The summed E-state index contributed by atoms with van der Waals surface area (Å²) in [5, 5.41) is 0.645. The van der Waals surface area contributed by atoms with Gasteiger partial charge in [-0.25, -0.2) is 4.79 Å². The van der Waals surface area contributed by atoms with E-state index >= 15 is 0 Å². The highest BCUT2D eigenvalue weighted by molar-refractivity contribution is 6.33. The van der Waals surface area contributed by atoms with Crippen LogP contribution in [0.1, 0.15) is 71.3 Å². The first-order chi connectivity index (χ1) is 13.7. The topological polar surface area (TPSA) is 55.6 Å². The molecule has 29 heavy (non-hydrogen) atoms. The van der Waals surface area contributed by atoms with E-state index in [1.54, 1.807) is 0 Å². The van der Waals surface area contributed by atoms with E-state index in [1.165, 1.54) is 37.7 Å². The molecule has 1 aromatic carbocycles. The third-order valence-corrected chi connectivity index (χ3v) is 6.85. The fourth-order valence-corrected chi connectivity index (χ4v) is 5.17. The highest BCUT2D eigenvalue weighted by Gasteiger charge is 2.35. The second kappa shape index (κ2) is 9.59. The molecule has 1 heterocycles. The van der Waals surface area contributed by atoms with E-state index in [9.17, 15) is 4.79 Å². The van der Waals surface area contributed by atoms with Gasteiger partial charge < -0.3 is 15.4 Å². The average Bonchev–Trinajstić information content (AvgIpc) is 3.31. The number of benzene rings is 1. The first-order valence-corrected chi connectivity index (χ1v) is 11.6. The van der Waals surface area contributed by atoms with Crippen molar-refractivity contribution in [2.75, 3.05) is 18.8 Å². The van der Waals surface area contributed by atoms with Gasteiger partial charge in [-0.3, -0.25) is 0 Å². The average molecular weight is 421 g/mol. The number of nitrogens with two attached hydrogens (primary N) is 1. The SMILES string of the molecule is CC(C)(C)OC(=O)N1CCC([C@@H](CCc2ccc(N)c(Cl)c2)CC2CCCC2)C1. The zero-order chi connectivity index (χ0) is 21.0. The van der Waals surface area contributed by atoms with Gasteiger partial charge >= 0.3 is 6.09 Å². The number of carbonyl (C=O) groups excluding carboxylic acids is 1. The van der Waals surface area contributed by atoms with Crippen molar-refractivity contribution in [2.24, 2.45) is 17.8 Å². The molecule has 0 bridgehead atoms. The lowest BCUT2D eigenvalue weighted by Gasteiger charge is -2.28. The number of amides is 1. The van der Waals surface area contributed by atoms with Gasteiger partial charge in [-0.05, 0) is 81.9 Å². The van der Waals surface area contributed by atoms with E-state index in [1.807, 2.05) is 37.8 Å². The van der Waals surface area contributed by atoms with Crippen molar-refractivity contribution in [2.45, 2.75) is 77.7 Å². The molecule has 1 amide bonds. The Bertz CT molecular complexity index is 695. The molecule has 5 heteroatoms. The van der Waals surface area contributed by atoms with Crippen LogP contribution in [0, 0.1) is 17.8 Å². The third-order valence-electron chi connectivity index (χ3n) is 6.52. The fourth-order valence-electron chi connectivity index (χ4n) is 4.96. The molecule has 2 atom stereocenters. The van der Waals surface area contributed by atoms with Crippen molar-refractivity contribution in [1.82, 2.24) is 4.90 Å². The van der Waals surface area contributed by atoms with Crippen LogP contribution in [-0.4, -0.2) is 29.7 Å². The van der Waals surface area contributed by atoms with Gasteiger partial charge in [0, 0.05) is 13.1 Å². The Morgan fingerprint density at radius 2 is 2.00 bits per heavy atom. The molecular formula is C24H37ClN2O2. The molecule has 0 aromatic heterocycles. The minimum atomic E-state index is -0.438. The number of likely N-dealkylation sites (tertiary alicyclic amines) is 1. The second-order valence-corrected chi connectivity index (χ2v) is 10.4. The predicted octanol–water partition coefficient (Wildman–Crippen LogP) is 6.31. The second-order valence-electron chi connectivity index (χ2n) is 10.0. The largest absolute Gasteiger partial charge is 0.444 e. The van der Waals surface area contributed by atoms with Gasteiger partial charge in [0.15, 0.2) is 0 Å². The highest BCUT2D eigenvalue weighted by atomic mass is 35.5. The molecule has 1 aliphatic heterocycles. The Kier molecular flexibility index (Phi) is 7.37. The van der Waals surface area contributed by atoms with Crippen molar-refractivity contribution in [3.05, 3.63) is 28.8 Å². The summed E-state index contributed by atoms with van der Waals surface area (Å²) in [6.07, 6.45) is 9.85. The Labute approximate surface area is 181 Å². The van der Waals surface area contributed by atoms with Gasteiger partial charge in [0.1, 0.15) is 5.60 Å². The summed E-state index contributed by atoms with van der Waals surface area (Å²) >= 11 is 6.22. The lowest BCUT2D eigenvalue weighted by Crippen LogP contribution is -2.36. The number of hydrogen-bond donors (Lipinski definition) is 1. The quantitative estimate of drug-likeness (QED) is 0.548. The Balaban J connectivity index is 1.62. The molecule has 1 aromatic rings. The molecule has 0 spiro atoms. The number of halogens is 1. The molecule has 2 fully saturated rings. The highest BCUT2D eigenvalue weighted by Crippen LogP contribution is 2.38.